The van der Waals surface area contributed by atoms with Crippen LogP contribution in [-0.2, 0) is 6.54 Å². The number of nitrogens with two attached hydrogens (primary N) is 2. The molecule has 0 atom stereocenters. The van der Waals surface area contributed by atoms with E-state index in [-0.39, 0.29) is 5.82 Å². The van der Waals surface area contributed by atoms with Crippen LogP contribution in [0.15, 0.2) is 41.5 Å². The molecule has 0 saturated carbocycles. The van der Waals surface area contributed by atoms with Gasteiger partial charge in [-0.25, -0.2) is 4.39 Å². The van der Waals surface area contributed by atoms with Crippen molar-refractivity contribution in [2.45, 2.75) is 6.54 Å². The van der Waals surface area contributed by atoms with Gasteiger partial charge in [0, 0.05) is 22.3 Å². The summed E-state index contributed by atoms with van der Waals surface area (Å²) in [7, 11) is 0. The van der Waals surface area contributed by atoms with Gasteiger partial charge in [0.25, 0.3) is 0 Å². The average Bonchev–Trinajstić information content (AvgIpc) is 3.07. The topological polar surface area (TPSA) is 93.1 Å². The number of hydrogen-bond donors (Lipinski definition) is 3. The lowest BCUT2D eigenvalue weighted by atomic mass is 10.1. The maximum atomic E-state index is 12.9. The Balaban J connectivity index is 0.000000131. The van der Waals surface area contributed by atoms with Gasteiger partial charge in [0.2, 0.25) is 5.97 Å². The quantitative estimate of drug-likeness (QED) is 0.557. The predicted molar refractivity (Wildman–Crippen MR) is 82.7 cm³/mol. The van der Waals surface area contributed by atoms with Crippen molar-refractivity contribution in [2.75, 3.05) is 11.5 Å². The number of H-pyrrole nitrogens is 1. The summed E-state index contributed by atoms with van der Waals surface area (Å²) in [5.41, 5.74) is 13.7. The molecule has 22 heavy (non-hydrogen) atoms. The Labute approximate surface area is 124 Å². The lowest BCUT2D eigenvalue weighted by Crippen LogP contribution is -1.93. The van der Waals surface area contributed by atoms with Gasteiger partial charge < -0.3 is 11.5 Å². The minimum absolute atomic E-state index is 0.363. The van der Waals surface area contributed by atoms with Crippen LogP contribution >= 0.6 is 0 Å². The summed E-state index contributed by atoms with van der Waals surface area (Å²) in [6, 6.07) is 8.11. The lowest BCUT2D eigenvalue weighted by Gasteiger charge is -1.97. The van der Waals surface area contributed by atoms with Crippen molar-refractivity contribution in [1.29, 1.82) is 0 Å². The fraction of sp³-hybridized carbons (Fsp3) is 0.0667. The van der Waals surface area contributed by atoms with E-state index in [2.05, 4.69) is 15.2 Å². The minimum Gasteiger partial charge on any atom is -0.399 e. The molecule has 0 spiro atoms. The molecule has 3 aromatic rings. The van der Waals surface area contributed by atoms with Gasteiger partial charge in [0.15, 0.2) is 5.82 Å². The van der Waals surface area contributed by atoms with Crippen molar-refractivity contribution in [1.82, 2.24) is 10.2 Å². The van der Waals surface area contributed by atoms with Crippen molar-refractivity contribution < 1.29 is 8.78 Å². The number of aliphatic imine (C=N–C) groups is 1. The van der Waals surface area contributed by atoms with Gasteiger partial charge in [0.1, 0.15) is 5.52 Å². The molecule has 7 heteroatoms. The van der Waals surface area contributed by atoms with Crippen LogP contribution in [0.2, 0.25) is 0 Å². The Bertz CT molecular complexity index is 869. The molecule has 0 fully saturated rings. The maximum Gasteiger partial charge on any atom is 0.216 e. The van der Waals surface area contributed by atoms with Crippen molar-refractivity contribution in [3.05, 3.63) is 53.5 Å². The number of nitrogen functional groups attached to an aromatic ring is 2. The second-order valence-corrected chi connectivity index (χ2v) is 4.86. The van der Waals surface area contributed by atoms with E-state index in [4.69, 9.17) is 11.5 Å². The van der Waals surface area contributed by atoms with E-state index >= 15 is 0 Å². The van der Waals surface area contributed by atoms with Crippen molar-refractivity contribution in [3.8, 4) is 0 Å². The number of hydrogen-bond acceptors (Lipinski definition) is 4. The number of nitrogens with zero attached hydrogens (tertiary/aromatic N) is 2. The number of fused-ring (bicyclic) bond motifs is 2. The van der Waals surface area contributed by atoms with Crippen LogP contribution in [0.3, 0.4) is 0 Å². The third kappa shape index (κ3) is 2.60. The van der Waals surface area contributed by atoms with Gasteiger partial charge in [-0.3, -0.25) is 10.1 Å². The van der Waals surface area contributed by atoms with Crippen molar-refractivity contribution in [2.24, 2.45) is 4.99 Å². The highest BCUT2D eigenvalue weighted by molar-refractivity contribution is 5.97. The van der Waals surface area contributed by atoms with E-state index in [1.54, 1.807) is 24.3 Å². The largest absolute Gasteiger partial charge is 0.399 e. The predicted octanol–water partition coefficient (Wildman–Crippen LogP) is 2.78. The number of benzene rings is 2. The van der Waals surface area contributed by atoms with Crippen LogP contribution < -0.4 is 11.5 Å². The lowest BCUT2D eigenvalue weighted by molar-refractivity contribution is 0.637. The molecular formula is C15H13F2N5. The van der Waals surface area contributed by atoms with Gasteiger partial charge in [-0.2, -0.15) is 9.49 Å². The smallest absolute Gasteiger partial charge is 0.216 e. The fourth-order valence-corrected chi connectivity index (χ4v) is 2.20. The molecule has 0 saturated heterocycles. The molecule has 2 heterocycles. The van der Waals surface area contributed by atoms with Gasteiger partial charge >= 0.3 is 0 Å². The summed E-state index contributed by atoms with van der Waals surface area (Å²) in [5, 5.41) is 6.91. The molecule has 0 aliphatic carbocycles. The van der Waals surface area contributed by atoms with Gasteiger partial charge in [-0.05, 0) is 29.8 Å². The van der Waals surface area contributed by atoms with Crippen LogP contribution in [0.1, 0.15) is 11.1 Å². The molecule has 1 aromatic heterocycles. The Hall–Kier alpha value is -2.96. The summed E-state index contributed by atoms with van der Waals surface area (Å²) < 4.78 is 25.7. The number of aromatic nitrogens is 2. The van der Waals surface area contributed by atoms with E-state index in [0.29, 0.717) is 34.4 Å². The fourth-order valence-electron chi connectivity index (χ4n) is 2.20. The number of aromatic amines is 1. The molecule has 1 aliphatic rings. The average molecular weight is 301 g/mol. The summed E-state index contributed by atoms with van der Waals surface area (Å²) in [6.07, 6.45) is 1.54. The molecule has 112 valence electrons. The Kier molecular flexibility index (Phi) is 3.46. The van der Waals surface area contributed by atoms with Crippen LogP contribution in [0.5, 0.6) is 0 Å². The van der Waals surface area contributed by atoms with Gasteiger partial charge in [-0.15, -0.1) is 0 Å². The van der Waals surface area contributed by atoms with E-state index in [1.165, 1.54) is 12.3 Å². The summed E-state index contributed by atoms with van der Waals surface area (Å²) in [4.78, 5) is 3.64. The van der Waals surface area contributed by atoms with E-state index in [9.17, 15) is 8.78 Å². The molecule has 0 amide bonds. The normalized spacial score (nSPS) is 12.5. The zero-order valence-electron chi connectivity index (χ0n) is 11.5. The minimum atomic E-state index is -0.396. The molecule has 0 bridgehead atoms. The summed E-state index contributed by atoms with van der Waals surface area (Å²) in [5.74, 6) is -0.759. The second kappa shape index (κ2) is 5.44. The Morgan fingerprint density at radius 3 is 2.68 bits per heavy atom. The van der Waals surface area contributed by atoms with E-state index in [1.807, 2.05) is 0 Å². The molecule has 4 rings (SSSR count). The van der Waals surface area contributed by atoms with E-state index in [0.717, 1.165) is 5.56 Å². The summed E-state index contributed by atoms with van der Waals surface area (Å²) >= 11 is 0. The van der Waals surface area contributed by atoms with Crippen molar-refractivity contribution >= 4 is 28.2 Å². The molecule has 5 nitrogen and oxygen atoms in total. The first kappa shape index (κ1) is 14.0. The molecule has 0 radical (unpaired) electrons. The number of rotatable bonds is 0. The van der Waals surface area contributed by atoms with E-state index < -0.39 is 5.97 Å². The van der Waals surface area contributed by atoms with Crippen LogP contribution in [0.4, 0.5) is 20.2 Å². The molecule has 1 aliphatic heterocycles. The molecule has 5 N–H and O–H groups in total. The first-order valence-corrected chi connectivity index (χ1v) is 6.51. The van der Waals surface area contributed by atoms with Gasteiger partial charge in [-0.1, -0.05) is 6.07 Å². The highest BCUT2D eigenvalue weighted by Gasteiger charge is 2.14. The number of anilines is 2. The first-order chi connectivity index (χ1) is 10.5. The highest BCUT2D eigenvalue weighted by atomic mass is 19.1. The highest BCUT2D eigenvalue weighted by Crippen LogP contribution is 2.21. The third-order valence-electron chi connectivity index (χ3n) is 3.27. The molecule has 2 aromatic carbocycles. The SMILES string of the molecule is Nc1cc(F)c2[nH]ncc2c1.Nc1ccc2c(c1)C(F)=NC2. The second-order valence-electron chi connectivity index (χ2n) is 4.86. The van der Waals surface area contributed by atoms with Gasteiger partial charge in [0.05, 0.1) is 12.7 Å². The number of halogens is 2. The van der Waals surface area contributed by atoms with Crippen LogP contribution in [-0.4, -0.2) is 16.2 Å². The van der Waals surface area contributed by atoms with Crippen LogP contribution in [0, 0.1) is 5.82 Å². The third-order valence-corrected chi connectivity index (χ3v) is 3.27. The molecule has 0 unspecified atom stereocenters. The standard InChI is InChI=1S/C8H7FN2.C7H6FN3/c9-8-7-3-6(10)2-1-5(7)4-11-8;8-6-2-5(9)1-4-3-10-11-7(4)6/h1-3H,4,10H2;1-3H,9H2,(H,10,11). The zero-order chi connectivity index (χ0) is 15.7. The monoisotopic (exact) mass is 301 g/mol. The number of nitrogens with one attached hydrogen (secondary N) is 1. The molecular weight excluding hydrogens is 288 g/mol. The Morgan fingerprint density at radius 2 is 1.86 bits per heavy atom. The van der Waals surface area contributed by atoms with Crippen molar-refractivity contribution in [3.63, 3.8) is 0 Å². The summed E-state index contributed by atoms with van der Waals surface area (Å²) in [6.45, 7) is 0.446. The zero-order valence-corrected chi connectivity index (χ0v) is 11.5. The van der Waals surface area contributed by atoms with Crippen LogP contribution in [0.25, 0.3) is 10.9 Å². The Morgan fingerprint density at radius 1 is 1.05 bits per heavy atom. The first-order valence-electron chi connectivity index (χ1n) is 6.51. The maximum absolute atomic E-state index is 12.9.